The summed E-state index contributed by atoms with van der Waals surface area (Å²) < 4.78 is 5.30. The molecule has 1 aliphatic heterocycles. The topological polar surface area (TPSA) is 12.5 Å². The fourth-order valence-electron chi connectivity index (χ4n) is 2.73. The molecule has 1 saturated heterocycles. The van der Waals surface area contributed by atoms with Crippen LogP contribution in [0, 0.1) is 0 Å². The average molecular weight is 219 g/mol. The standard InChI is InChI=1S/C14H21NO/c1-14(8-5-9-15(2)11-14)12-6-4-7-13(10-12)16-3/h4,6-7,10H,5,8-9,11H2,1-3H3/t14-/m1/s1. The normalized spacial score (nSPS) is 26.7. The van der Waals surface area contributed by atoms with Gasteiger partial charge in [0, 0.05) is 12.0 Å². The largest absolute Gasteiger partial charge is 0.497 e. The zero-order valence-electron chi connectivity index (χ0n) is 10.5. The Morgan fingerprint density at radius 1 is 1.38 bits per heavy atom. The molecule has 0 amide bonds. The van der Waals surface area contributed by atoms with E-state index in [2.05, 4.69) is 37.1 Å². The molecule has 1 aliphatic rings. The maximum absolute atomic E-state index is 5.30. The zero-order chi connectivity index (χ0) is 11.6. The SMILES string of the molecule is COc1cccc([C@]2(C)CCCN(C)C2)c1. The van der Waals surface area contributed by atoms with Crippen LogP contribution in [0.2, 0.25) is 0 Å². The Balaban J connectivity index is 2.27. The molecule has 16 heavy (non-hydrogen) atoms. The van der Waals surface area contributed by atoms with E-state index in [1.165, 1.54) is 24.9 Å². The van der Waals surface area contributed by atoms with E-state index in [1.807, 2.05) is 6.07 Å². The fourth-order valence-corrected chi connectivity index (χ4v) is 2.73. The van der Waals surface area contributed by atoms with Gasteiger partial charge in [-0.3, -0.25) is 0 Å². The van der Waals surface area contributed by atoms with Crippen LogP contribution in [0.25, 0.3) is 0 Å². The lowest BCUT2D eigenvalue weighted by Crippen LogP contribution is -2.42. The van der Waals surface area contributed by atoms with E-state index in [-0.39, 0.29) is 5.41 Å². The zero-order valence-corrected chi connectivity index (χ0v) is 10.5. The Kier molecular flexibility index (Phi) is 3.20. The van der Waals surface area contributed by atoms with Crippen molar-refractivity contribution in [1.82, 2.24) is 4.90 Å². The minimum atomic E-state index is 0.279. The molecule has 0 aromatic heterocycles. The summed E-state index contributed by atoms with van der Waals surface area (Å²) >= 11 is 0. The first-order valence-corrected chi connectivity index (χ1v) is 5.97. The van der Waals surface area contributed by atoms with Gasteiger partial charge in [0.05, 0.1) is 7.11 Å². The van der Waals surface area contributed by atoms with Crippen molar-refractivity contribution >= 4 is 0 Å². The Hall–Kier alpha value is -1.02. The Bertz CT molecular complexity index is 364. The molecule has 0 spiro atoms. The number of likely N-dealkylation sites (tertiary alicyclic amines) is 1. The van der Waals surface area contributed by atoms with Crippen molar-refractivity contribution in [2.75, 3.05) is 27.2 Å². The van der Waals surface area contributed by atoms with E-state index in [1.54, 1.807) is 7.11 Å². The van der Waals surface area contributed by atoms with E-state index >= 15 is 0 Å². The quantitative estimate of drug-likeness (QED) is 0.758. The molecule has 0 bridgehead atoms. The summed E-state index contributed by atoms with van der Waals surface area (Å²) in [6, 6.07) is 8.51. The van der Waals surface area contributed by atoms with E-state index < -0.39 is 0 Å². The monoisotopic (exact) mass is 219 g/mol. The second-order valence-electron chi connectivity index (χ2n) is 5.13. The Labute approximate surface area is 98.2 Å². The van der Waals surface area contributed by atoms with Gasteiger partial charge in [-0.1, -0.05) is 19.1 Å². The minimum absolute atomic E-state index is 0.279. The maximum atomic E-state index is 5.30. The summed E-state index contributed by atoms with van der Waals surface area (Å²) in [5, 5.41) is 0. The molecular formula is C14H21NO. The van der Waals surface area contributed by atoms with Crippen molar-refractivity contribution in [1.29, 1.82) is 0 Å². The molecule has 2 heteroatoms. The van der Waals surface area contributed by atoms with Crippen LogP contribution in [0.4, 0.5) is 0 Å². The molecule has 88 valence electrons. The second-order valence-corrected chi connectivity index (χ2v) is 5.13. The molecule has 1 aromatic carbocycles. The van der Waals surface area contributed by atoms with Crippen LogP contribution >= 0.6 is 0 Å². The molecule has 2 rings (SSSR count). The smallest absolute Gasteiger partial charge is 0.119 e. The highest BCUT2D eigenvalue weighted by Gasteiger charge is 2.31. The number of nitrogens with zero attached hydrogens (tertiary/aromatic N) is 1. The summed E-state index contributed by atoms with van der Waals surface area (Å²) in [6.07, 6.45) is 2.55. The van der Waals surface area contributed by atoms with Crippen molar-refractivity contribution in [3.63, 3.8) is 0 Å². The van der Waals surface area contributed by atoms with Crippen LogP contribution in [0.3, 0.4) is 0 Å². The van der Waals surface area contributed by atoms with Crippen molar-refractivity contribution in [3.05, 3.63) is 29.8 Å². The summed E-state index contributed by atoms with van der Waals surface area (Å²) in [4.78, 5) is 2.42. The van der Waals surface area contributed by atoms with Gasteiger partial charge in [0.15, 0.2) is 0 Å². The molecular weight excluding hydrogens is 198 g/mol. The fraction of sp³-hybridized carbons (Fsp3) is 0.571. The van der Waals surface area contributed by atoms with Crippen LogP contribution in [0.1, 0.15) is 25.3 Å². The molecule has 1 aromatic rings. The van der Waals surface area contributed by atoms with Gasteiger partial charge >= 0.3 is 0 Å². The summed E-state index contributed by atoms with van der Waals surface area (Å²) in [7, 11) is 3.94. The van der Waals surface area contributed by atoms with Gasteiger partial charge in [0.25, 0.3) is 0 Å². The summed E-state index contributed by atoms with van der Waals surface area (Å²) in [5.74, 6) is 0.965. The molecule has 2 nitrogen and oxygen atoms in total. The number of benzene rings is 1. The minimum Gasteiger partial charge on any atom is -0.497 e. The number of likely N-dealkylation sites (N-methyl/N-ethyl adjacent to an activating group) is 1. The molecule has 1 heterocycles. The molecule has 1 atom stereocenters. The lowest BCUT2D eigenvalue weighted by atomic mass is 9.76. The van der Waals surface area contributed by atoms with Gasteiger partial charge in [-0.05, 0) is 44.1 Å². The number of hydrogen-bond acceptors (Lipinski definition) is 2. The molecule has 1 fully saturated rings. The third-order valence-corrected chi connectivity index (χ3v) is 3.65. The van der Waals surface area contributed by atoms with E-state index in [0.717, 1.165) is 12.3 Å². The van der Waals surface area contributed by atoms with E-state index in [9.17, 15) is 0 Å². The number of ether oxygens (including phenoxy) is 1. The van der Waals surface area contributed by atoms with Crippen molar-refractivity contribution < 1.29 is 4.74 Å². The lowest BCUT2D eigenvalue weighted by molar-refractivity contribution is 0.188. The molecule has 0 N–H and O–H groups in total. The highest BCUT2D eigenvalue weighted by molar-refractivity contribution is 5.34. The predicted molar refractivity (Wildman–Crippen MR) is 67.1 cm³/mol. The number of methoxy groups -OCH3 is 1. The molecule has 0 radical (unpaired) electrons. The average Bonchev–Trinajstić information content (AvgIpc) is 2.29. The highest BCUT2D eigenvalue weighted by atomic mass is 16.5. The molecule has 0 unspecified atom stereocenters. The number of piperidine rings is 1. The van der Waals surface area contributed by atoms with Crippen molar-refractivity contribution in [2.45, 2.75) is 25.2 Å². The van der Waals surface area contributed by atoms with Gasteiger partial charge in [0.2, 0.25) is 0 Å². The highest BCUT2D eigenvalue weighted by Crippen LogP contribution is 2.34. The van der Waals surface area contributed by atoms with Crippen LogP contribution in [0.15, 0.2) is 24.3 Å². The van der Waals surface area contributed by atoms with E-state index in [0.29, 0.717) is 0 Å². The van der Waals surface area contributed by atoms with Gasteiger partial charge in [0.1, 0.15) is 5.75 Å². The first kappa shape index (κ1) is 11.5. The second kappa shape index (κ2) is 4.46. The molecule has 0 saturated carbocycles. The molecule has 0 aliphatic carbocycles. The summed E-state index contributed by atoms with van der Waals surface area (Å²) in [5.41, 5.74) is 1.68. The van der Waals surface area contributed by atoms with Gasteiger partial charge in [-0.2, -0.15) is 0 Å². The predicted octanol–water partition coefficient (Wildman–Crippen LogP) is 2.68. The number of hydrogen-bond donors (Lipinski definition) is 0. The van der Waals surface area contributed by atoms with Gasteiger partial charge in [-0.25, -0.2) is 0 Å². The lowest BCUT2D eigenvalue weighted by Gasteiger charge is -2.39. The van der Waals surface area contributed by atoms with Crippen molar-refractivity contribution in [2.24, 2.45) is 0 Å². The third-order valence-electron chi connectivity index (χ3n) is 3.65. The van der Waals surface area contributed by atoms with Gasteiger partial charge < -0.3 is 9.64 Å². The van der Waals surface area contributed by atoms with E-state index in [4.69, 9.17) is 4.74 Å². The Morgan fingerprint density at radius 2 is 2.19 bits per heavy atom. The first-order valence-electron chi connectivity index (χ1n) is 5.97. The first-order chi connectivity index (χ1) is 7.64. The number of rotatable bonds is 2. The van der Waals surface area contributed by atoms with Crippen LogP contribution in [-0.4, -0.2) is 32.1 Å². The van der Waals surface area contributed by atoms with Gasteiger partial charge in [-0.15, -0.1) is 0 Å². The summed E-state index contributed by atoms with van der Waals surface area (Å²) in [6.45, 7) is 4.72. The maximum Gasteiger partial charge on any atom is 0.119 e. The van der Waals surface area contributed by atoms with Crippen LogP contribution < -0.4 is 4.74 Å². The Morgan fingerprint density at radius 3 is 2.88 bits per heavy atom. The third kappa shape index (κ3) is 2.22. The van der Waals surface area contributed by atoms with Crippen LogP contribution in [0.5, 0.6) is 5.75 Å². The van der Waals surface area contributed by atoms with Crippen molar-refractivity contribution in [3.8, 4) is 5.75 Å². The van der Waals surface area contributed by atoms with Crippen LogP contribution in [-0.2, 0) is 5.41 Å².